The second-order valence-corrected chi connectivity index (χ2v) is 7.79. The van der Waals surface area contributed by atoms with Crippen molar-refractivity contribution in [3.05, 3.63) is 34.1 Å². The summed E-state index contributed by atoms with van der Waals surface area (Å²) in [5.41, 5.74) is 0.116. The lowest BCUT2D eigenvalue weighted by atomic mass is 9.70. The number of hydrogen-bond acceptors (Lipinski definition) is 2. The van der Waals surface area contributed by atoms with Gasteiger partial charge in [0.1, 0.15) is 5.82 Å². The van der Waals surface area contributed by atoms with Gasteiger partial charge in [-0.1, -0.05) is 28.9 Å². The van der Waals surface area contributed by atoms with Crippen molar-refractivity contribution in [1.82, 2.24) is 0 Å². The number of benzene rings is 1. The summed E-state index contributed by atoms with van der Waals surface area (Å²) in [6.45, 7) is 10.3. The van der Waals surface area contributed by atoms with Crippen molar-refractivity contribution < 1.29 is 13.7 Å². The molecule has 0 amide bonds. The Morgan fingerprint density at radius 1 is 1.19 bits per heavy atom. The summed E-state index contributed by atoms with van der Waals surface area (Å²) in [5.74, 6) is 0.0552. The van der Waals surface area contributed by atoms with Crippen molar-refractivity contribution in [3.63, 3.8) is 0 Å². The molecule has 1 aromatic rings. The molecule has 21 heavy (non-hydrogen) atoms. The minimum atomic E-state index is -0.311. The van der Waals surface area contributed by atoms with Gasteiger partial charge in [-0.05, 0) is 64.1 Å². The normalized spacial score (nSPS) is 21.6. The van der Waals surface area contributed by atoms with E-state index in [1.807, 2.05) is 39.8 Å². The maximum absolute atomic E-state index is 13.8. The largest absolute Gasteiger partial charge is 0.460 e. The van der Waals surface area contributed by atoms with E-state index >= 15 is 0 Å². The maximum atomic E-state index is 13.8. The Bertz CT molecular complexity index is 503. The molecule has 0 saturated carbocycles. The van der Waals surface area contributed by atoms with Crippen molar-refractivity contribution in [2.45, 2.75) is 64.5 Å². The quantitative estimate of drug-likeness (QED) is 0.706. The van der Waals surface area contributed by atoms with E-state index in [-0.39, 0.29) is 30.0 Å². The number of hydrogen-bond donors (Lipinski definition) is 0. The van der Waals surface area contributed by atoms with Crippen LogP contribution in [0, 0.1) is 5.82 Å². The molecule has 0 N–H and O–H groups in total. The molecule has 2 rings (SSSR count). The lowest BCUT2D eigenvalue weighted by Crippen LogP contribution is -2.41. The Labute approximate surface area is 135 Å². The highest BCUT2D eigenvalue weighted by Gasteiger charge is 2.52. The number of rotatable bonds is 4. The van der Waals surface area contributed by atoms with E-state index in [4.69, 9.17) is 9.31 Å². The van der Waals surface area contributed by atoms with Gasteiger partial charge in [0.05, 0.1) is 11.2 Å². The Hall–Kier alpha value is -0.385. The number of halogens is 2. The lowest BCUT2D eigenvalue weighted by Gasteiger charge is -2.32. The van der Waals surface area contributed by atoms with Gasteiger partial charge in [-0.2, -0.15) is 0 Å². The average Bonchev–Trinajstić information content (AvgIpc) is 2.57. The summed E-state index contributed by atoms with van der Waals surface area (Å²) in [4.78, 5) is 0. The summed E-state index contributed by atoms with van der Waals surface area (Å²) in [7, 11) is -0.228. The van der Waals surface area contributed by atoms with E-state index in [1.165, 1.54) is 6.07 Å². The van der Waals surface area contributed by atoms with Gasteiger partial charge in [-0.25, -0.2) is 4.39 Å². The van der Waals surface area contributed by atoms with Gasteiger partial charge in [0.2, 0.25) is 0 Å². The molecular weight excluding hydrogens is 334 g/mol. The molecule has 0 bridgehead atoms. The van der Waals surface area contributed by atoms with E-state index in [2.05, 4.69) is 22.9 Å². The van der Waals surface area contributed by atoms with E-state index in [1.54, 1.807) is 0 Å². The van der Waals surface area contributed by atoms with Crippen LogP contribution >= 0.6 is 15.9 Å². The van der Waals surface area contributed by atoms with Crippen LogP contribution in [0.1, 0.15) is 46.6 Å². The first-order chi connectivity index (χ1) is 9.62. The van der Waals surface area contributed by atoms with Crippen molar-refractivity contribution in [2.75, 3.05) is 0 Å². The van der Waals surface area contributed by atoms with Gasteiger partial charge in [0.15, 0.2) is 0 Å². The van der Waals surface area contributed by atoms with Crippen LogP contribution in [0.15, 0.2) is 22.7 Å². The zero-order valence-corrected chi connectivity index (χ0v) is 15.0. The molecule has 2 nitrogen and oxygen atoms in total. The molecule has 5 heteroatoms. The summed E-state index contributed by atoms with van der Waals surface area (Å²) < 4.78 is 26.7. The smallest absolute Gasteiger partial charge is 0.403 e. The maximum Gasteiger partial charge on any atom is 0.460 e. The van der Waals surface area contributed by atoms with E-state index in [0.717, 1.165) is 16.5 Å². The predicted octanol–water partition coefficient (Wildman–Crippen LogP) is 5.00. The topological polar surface area (TPSA) is 18.5 Å². The van der Waals surface area contributed by atoms with Crippen molar-refractivity contribution >= 4 is 23.0 Å². The van der Waals surface area contributed by atoms with Crippen LogP contribution in [-0.4, -0.2) is 18.3 Å². The van der Waals surface area contributed by atoms with Crippen LogP contribution in [0.2, 0.25) is 5.82 Å². The lowest BCUT2D eigenvalue weighted by molar-refractivity contribution is 0.00578. The second kappa shape index (κ2) is 6.02. The third-order valence-corrected chi connectivity index (χ3v) is 5.11. The minimum absolute atomic E-state index is 0.162. The molecule has 0 radical (unpaired) electrons. The Morgan fingerprint density at radius 3 is 2.29 bits per heavy atom. The molecule has 116 valence electrons. The highest BCUT2D eigenvalue weighted by atomic mass is 79.9. The first-order valence-corrected chi connectivity index (χ1v) is 8.21. The van der Waals surface area contributed by atoms with Gasteiger partial charge < -0.3 is 9.31 Å². The van der Waals surface area contributed by atoms with E-state index in [0.29, 0.717) is 6.42 Å². The van der Waals surface area contributed by atoms with Gasteiger partial charge in [-0.15, -0.1) is 0 Å². The molecule has 1 aliphatic rings. The third kappa shape index (κ3) is 3.69. The summed E-state index contributed by atoms with van der Waals surface area (Å²) in [5, 5.41) is 0. The van der Waals surface area contributed by atoms with Crippen molar-refractivity contribution in [2.24, 2.45) is 0 Å². The summed E-state index contributed by atoms with van der Waals surface area (Å²) >= 11 is 3.28. The van der Waals surface area contributed by atoms with Crippen LogP contribution in [0.4, 0.5) is 4.39 Å². The predicted molar refractivity (Wildman–Crippen MR) is 87.9 cm³/mol. The standard InChI is InChI=1S/C16H23BBrFO2/c1-11(17-20-15(2,3)16(4,5)21-17)6-7-12-8-9-13(18)10-14(12)19/h8-11H,6-7H2,1-5H3/t11-/m0/s1. The molecule has 0 spiro atoms. The van der Waals surface area contributed by atoms with Gasteiger partial charge in [-0.3, -0.25) is 0 Å². The zero-order chi connectivity index (χ0) is 15.8. The summed E-state index contributed by atoms with van der Waals surface area (Å²) in [6, 6.07) is 5.21. The van der Waals surface area contributed by atoms with Gasteiger partial charge in [0, 0.05) is 4.47 Å². The van der Waals surface area contributed by atoms with Crippen molar-refractivity contribution in [3.8, 4) is 0 Å². The molecule has 1 aliphatic heterocycles. The fourth-order valence-corrected chi connectivity index (χ4v) is 2.70. The summed E-state index contributed by atoms with van der Waals surface area (Å²) in [6.07, 6.45) is 1.51. The SMILES string of the molecule is C[C@@H](CCc1ccc(Br)cc1F)B1OC(C)(C)C(C)(C)O1. The Morgan fingerprint density at radius 2 is 1.76 bits per heavy atom. The molecule has 1 atom stereocenters. The van der Waals surface area contributed by atoms with E-state index < -0.39 is 0 Å². The highest BCUT2D eigenvalue weighted by molar-refractivity contribution is 9.10. The monoisotopic (exact) mass is 356 g/mol. The van der Waals surface area contributed by atoms with Crippen LogP contribution in [0.3, 0.4) is 0 Å². The van der Waals surface area contributed by atoms with Gasteiger partial charge in [0.25, 0.3) is 0 Å². The number of aryl methyl sites for hydroxylation is 1. The molecular formula is C16H23BBrFO2. The fourth-order valence-electron chi connectivity index (χ4n) is 2.36. The fraction of sp³-hybridized carbons (Fsp3) is 0.625. The molecule has 1 saturated heterocycles. The first-order valence-electron chi connectivity index (χ1n) is 7.42. The first kappa shape index (κ1) is 17.0. The van der Waals surface area contributed by atoms with E-state index in [9.17, 15) is 4.39 Å². The van der Waals surface area contributed by atoms with Crippen LogP contribution in [0.5, 0.6) is 0 Å². The van der Waals surface area contributed by atoms with Crippen molar-refractivity contribution in [1.29, 1.82) is 0 Å². The molecule has 1 fully saturated rings. The average molecular weight is 357 g/mol. The molecule has 1 heterocycles. The van der Waals surface area contributed by atoms with Crippen LogP contribution < -0.4 is 0 Å². The molecule has 0 unspecified atom stereocenters. The van der Waals surface area contributed by atoms with Crippen LogP contribution in [-0.2, 0) is 15.7 Å². The molecule has 0 aromatic heterocycles. The minimum Gasteiger partial charge on any atom is -0.403 e. The Balaban J connectivity index is 1.95. The van der Waals surface area contributed by atoms with Crippen LogP contribution in [0.25, 0.3) is 0 Å². The zero-order valence-electron chi connectivity index (χ0n) is 13.4. The molecule has 0 aliphatic carbocycles. The second-order valence-electron chi connectivity index (χ2n) is 6.88. The Kier molecular flexibility index (Phi) is 4.86. The third-order valence-electron chi connectivity index (χ3n) is 4.62. The highest BCUT2D eigenvalue weighted by Crippen LogP contribution is 2.40. The van der Waals surface area contributed by atoms with Gasteiger partial charge >= 0.3 is 7.12 Å². The molecule has 1 aromatic carbocycles.